The van der Waals surface area contributed by atoms with Crippen molar-refractivity contribution in [1.82, 2.24) is 10.3 Å². The first-order valence-electron chi connectivity index (χ1n) is 7.33. The summed E-state index contributed by atoms with van der Waals surface area (Å²) in [4.78, 5) is 26.3. The van der Waals surface area contributed by atoms with Crippen LogP contribution >= 0.6 is 0 Å². The van der Waals surface area contributed by atoms with Crippen molar-refractivity contribution >= 4 is 11.9 Å². The standard InChI is InChI=1S/C15H20N2O5/c18-14(11-4-6-16-13(9-11)15(19)20)17-5-2-7-21-10-12-3-1-8-22-12/h4,6,9,12H,1-3,5,7-8,10H2,(H,17,18)(H,19,20). The highest BCUT2D eigenvalue weighted by Crippen LogP contribution is 2.11. The number of amides is 1. The first-order chi connectivity index (χ1) is 10.7. The lowest BCUT2D eigenvalue weighted by atomic mass is 10.2. The Morgan fingerprint density at radius 2 is 2.36 bits per heavy atom. The maximum absolute atomic E-state index is 11.9. The van der Waals surface area contributed by atoms with E-state index in [0.717, 1.165) is 19.4 Å². The van der Waals surface area contributed by atoms with Crippen molar-refractivity contribution in [2.45, 2.75) is 25.4 Å². The molecule has 1 saturated heterocycles. The Labute approximate surface area is 128 Å². The Morgan fingerprint density at radius 3 is 3.09 bits per heavy atom. The zero-order valence-corrected chi connectivity index (χ0v) is 12.3. The van der Waals surface area contributed by atoms with Crippen LogP contribution in [0.1, 0.15) is 40.1 Å². The van der Waals surface area contributed by atoms with Crippen LogP contribution in [0.5, 0.6) is 0 Å². The molecule has 2 N–H and O–H groups in total. The Kier molecular flexibility index (Phi) is 6.29. The van der Waals surface area contributed by atoms with Gasteiger partial charge in [0.15, 0.2) is 0 Å². The summed E-state index contributed by atoms with van der Waals surface area (Å²) in [5.74, 6) is -1.47. The smallest absolute Gasteiger partial charge is 0.354 e. The van der Waals surface area contributed by atoms with Gasteiger partial charge in [0.25, 0.3) is 5.91 Å². The van der Waals surface area contributed by atoms with E-state index in [4.69, 9.17) is 14.6 Å². The van der Waals surface area contributed by atoms with Gasteiger partial charge in [0.05, 0.1) is 12.7 Å². The first-order valence-corrected chi connectivity index (χ1v) is 7.33. The molecular weight excluding hydrogens is 288 g/mol. The molecule has 0 aliphatic carbocycles. The number of aromatic carboxylic acids is 1. The van der Waals surface area contributed by atoms with Crippen LogP contribution in [0.4, 0.5) is 0 Å². The van der Waals surface area contributed by atoms with Crippen molar-refractivity contribution in [2.24, 2.45) is 0 Å². The van der Waals surface area contributed by atoms with Crippen LogP contribution in [-0.2, 0) is 9.47 Å². The number of carboxylic acid groups (broad SMARTS) is 1. The highest BCUT2D eigenvalue weighted by Gasteiger charge is 2.15. The molecule has 1 aliphatic rings. The molecule has 1 unspecified atom stereocenters. The molecule has 1 aromatic rings. The van der Waals surface area contributed by atoms with Gasteiger partial charge in [-0.05, 0) is 31.4 Å². The van der Waals surface area contributed by atoms with E-state index in [9.17, 15) is 9.59 Å². The molecule has 0 aromatic carbocycles. The van der Waals surface area contributed by atoms with Crippen LogP contribution in [0.3, 0.4) is 0 Å². The zero-order chi connectivity index (χ0) is 15.8. The van der Waals surface area contributed by atoms with E-state index >= 15 is 0 Å². The van der Waals surface area contributed by atoms with Crippen LogP contribution in [0.25, 0.3) is 0 Å². The second-order valence-electron chi connectivity index (χ2n) is 5.05. The van der Waals surface area contributed by atoms with Crippen LogP contribution < -0.4 is 5.32 Å². The molecule has 7 nitrogen and oxygen atoms in total. The SMILES string of the molecule is O=C(NCCCOCC1CCCO1)c1ccnc(C(=O)O)c1. The summed E-state index contributed by atoms with van der Waals surface area (Å²) < 4.78 is 10.9. The minimum absolute atomic E-state index is 0.146. The van der Waals surface area contributed by atoms with Gasteiger partial charge < -0.3 is 19.9 Å². The predicted molar refractivity (Wildman–Crippen MR) is 77.9 cm³/mol. The Hall–Kier alpha value is -1.99. The molecule has 22 heavy (non-hydrogen) atoms. The number of nitrogens with one attached hydrogen (secondary N) is 1. The third-order valence-electron chi connectivity index (χ3n) is 3.32. The summed E-state index contributed by atoms with van der Waals surface area (Å²) >= 11 is 0. The fourth-order valence-electron chi connectivity index (χ4n) is 2.16. The van der Waals surface area contributed by atoms with Gasteiger partial charge >= 0.3 is 5.97 Å². The number of pyridine rings is 1. The van der Waals surface area contributed by atoms with Gasteiger partial charge in [-0.3, -0.25) is 4.79 Å². The van der Waals surface area contributed by atoms with Crippen molar-refractivity contribution in [3.63, 3.8) is 0 Å². The fraction of sp³-hybridized carbons (Fsp3) is 0.533. The van der Waals surface area contributed by atoms with E-state index in [1.807, 2.05) is 0 Å². The number of carboxylic acids is 1. The number of rotatable bonds is 8. The number of hydrogen-bond acceptors (Lipinski definition) is 5. The minimum Gasteiger partial charge on any atom is -0.477 e. The van der Waals surface area contributed by atoms with Crippen LogP contribution in [0, 0.1) is 0 Å². The largest absolute Gasteiger partial charge is 0.477 e. The van der Waals surface area contributed by atoms with Gasteiger partial charge in [-0.2, -0.15) is 0 Å². The fourth-order valence-corrected chi connectivity index (χ4v) is 2.16. The lowest BCUT2D eigenvalue weighted by Gasteiger charge is -2.10. The third kappa shape index (κ3) is 5.09. The number of nitrogens with zero attached hydrogens (tertiary/aromatic N) is 1. The van der Waals surface area contributed by atoms with Gasteiger partial charge in [-0.15, -0.1) is 0 Å². The second-order valence-corrected chi connectivity index (χ2v) is 5.05. The molecule has 0 spiro atoms. The van der Waals surface area contributed by atoms with E-state index in [-0.39, 0.29) is 23.3 Å². The van der Waals surface area contributed by atoms with E-state index in [0.29, 0.717) is 26.2 Å². The summed E-state index contributed by atoms with van der Waals surface area (Å²) in [6, 6.07) is 2.74. The molecule has 0 saturated carbocycles. The van der Waals surface area contributed by atoms with E-state index in [2.05, 4.69) is 10.3 Å². The van der Waals surface area contributed by atoms with Crippen LogP contribution in [0.15, 0.2) is 18.3 Å². The predicted octanol–water partition coefficient (Wildman–Crippen LogP) is 1.10. The molecule has 7 heteroatoms. The van der Waals surface area contributed by atoms with Gasteiger partial charge in [0.2, 0.25) is 0 Å². The summed E-state index contributed by atoms with van der Waals surface area (Å²) in [7, 11) is 0. The molecule has 0 radical (unpaired) electrons. The molecular formula is C15H20N2O5. The highest BCUT2D eigenvalue weighted by molar-refractivity contribution is 5.96. The number of aromatic nitrogens is 1. The topological polar surface area (TPSA) is 97.8 Å². The highest BCUT2D eigenvalue weighted by atomic mass is 16.5. The summed E-state index contributed by atoms with van der Waals surface area (Å²) in [5, 5.41) is 11.6. The molecule has 1 atom stereocenters. The van der Waals surface area contributed by atoms with E-state index in [1.54, 1.807) is 0 Å². The summed E-state index contributed by atoms with van der Waals surface area (Å²) in [6.07, 6.45) is 4.35. The van der Waals surface area contributed by atoms with Crippen molar-refractivity contribution < 1.29 is 24.2 Å². The van der Waals surface area contributed by atoms with Crippen LogP contribution in [0.2, 0.25) is 0 Å². The molecule has 1 aromatic heterocycles. The Morgan fingerprint density at radius 1 is 1.50 bits per heavy atom. The maximum atomic E-state index is 11.9. The minimum atomic E-state index is -1.16. The first kappa shape index (κ1) is 16.4. The molecule has 0 bridgehead atoms. The zero-order valence-electron chi connectivity index (χ0n) is 12.3. The molecule has 2 rings (SSSR count). The molecule has 1 aliphatic heterocycles. The molecule has 2 heterocycles. The van der Waals surface area contributed by atoms with Crippen LogP contribution in [-0.4, -0.2) is 54.4 Å². The number of carbonyl (C=O) groups is 2. The van der Waals surface area contributed by atoms with Gasteiger partial charge in [0.1, 0.15) is 5.69 Å². The van der Waals surface area contributed by atoms with Gasteiger partial charge in [-0.1, -0.05) is 0 Å². The molecule has 1 amide bonds. The Bertz CT molecular complexity index is 514. The lowest BCUT2D eigenvalue weighted by molar-refractivity contribution is 0.0166. The monoisotopic (exact) mass is 308 g/mol. The number of ether oxygens (including phenoxy) is 2. The maximum Gasteiger partial charge on any atom is 0.354 e. The van der Waals surface area contributed by atoms with Gasteiger partial charge in [-0.25, -0.2) is 9.78 Å². The van der Waals surface area contributed by atoms with Crippen molar-refractivity contribution in [3.05, 3.63) is 29.6 Å². The Balaban J connectivity index is 1.63. The third-order valence-corrected chi connectivity index (χ3v) is 3.32. The van der Waals surface area contributed by atoms with E-state index in [1.165, 1.54) is 18.3 Å². The summed E-state index contributed by atoms with van der Waals surface area (Å²) in [5.41, 5.74) is 0.139. The van der Waals surface area contributed by atoms with Crippen molar-refractivity contribution in [1.29, 1.82) is 0 Å². The average molecular weight is 308 g/mol. The van der Waals surface area contributed by atoms with Crippen molar-refractivity contribution in [2.75, 3.05) is 26.4 Å². The summed E-state index contributed by atoms with van der Waals surface area (Å²) in [6.45, 7) is 2.43. The molecule has 120 valence electrons. The van der Waals surface area contributed by atoms with Crippen molar-refractivity contribution in [3.8, 4) is 0 Å². The van der Waals surface area contributed by atoms with Gasteiger partial charge in [0, 0.05) is 31.5 Å². The molecule has 1 fully saturated rings. The lowest BCUT2D eigenvalue weighted by Crippen LogP contribution is -2.26. The number of hydrogen-bond donors (Lipinski definition) is 2. The second kappa shape index (κ2) is 8.45. The number of carbonyl (C=O) groups excluding carboxylic acids is 1. The quantitative estimate of drug-likeness (QED) is 0.698. The van der Waals surface area contributed by atoms with E-state index < -0.39 is 5.97 Å². The normalized spacial score (nSPS) is 17.4. The average Bonchev–Trinajstić information content (AvgIpc) is 3.04.